The second kappa shape index (κ2) is 8.82. The molecule has 0 aromatic rings. The molecule has 2 radical (unpaired) electrons. The Morgan fingerprint density at radius 3 is 1.25 bits per heavy atom. The molecule has 0 amide bonds. The standard InChI is InChI=1S/2CH3.Al.Y/h2*1H3;;. The summed E-state index contributed by atoms with van der Waals surface area (Å²) in [6.45, 7) is 0. The Bertz CT molecular complexity index is 6.00. The van der Waals surface area contributed by atoms with Crippen molar-refractivity contribution in [3.05, 3.63) is 0 Å². The van der Waals surface area contributed by atoms with Crippen molar-refractivity contribution in [2.75, 3.05) is 0 Å². The molecular formula is C2H6AlY. The molecule has 0 aromatic carbocycles. The van der Waals surface area contributed by atoms with Crippen LogP contribution in [0.1, 0.15) is 0 Å². The second-order valence-electron chi connectivity index (χ2n) is 0.577. The molecule has 0 fully saturated rings. The summed E-state index contributed by atoms with van der Waals surface area (Å²) in [6.07, 6.45) is 0. The van der Waals surface area contributed by atoms with Crippen LogP contribution in [0.2, 0.25) is 11.6 Å². The van der Waals surface area contributed by atoms with E-state index in [0.717, 1.165) is 15.2 Å². The fourth-order valence-corrected chi connectivity index (χ4v) is 0. The summed E-state index contributed by atoms with van der Waals surface area (Å²) >= 11 is 0.750. The van der Waals surface area contributed by atoms with E-state index in [-0.39, 0.29) is 32.7 Å². The second-order valence-corrected chi connectivity index (χ2v) is 1.73. The van der Waals surface area contributed by atoms with Crippen LogP contribution in [0.5, 0.6) is 0 Å². The zero-order chi connectivity index (χ0) is 2.71. The van der Waals surface area contributed by atoms with Crippen LogP contribution < -0.4 is 0 Å². The summed E-state index contributed by atoms with van der Waals surface area (Å²) in [7, 11) is 0. The molecule has 0 aliphatic rings. The van der Waals surface area contributed by atoms with E-state index in [0.29, 0.717) is 0 Å². The average Bonchev–Trinajstić information content (AvgIpc) is 0.918. The summed E-state index contributed by atoms with van der Waals surface area (Å²) in [5.41, 5.74) is 0. The van der Waals surface area contributed by atoms with Gasteiger partial charge in [0.1, 0.15) is 0 Å². The van der Waals surface area contributed by atoms with Crippen LogP contribution in [0.3, 0.4) is 0 Å². The van der Waals surface area contributed by atoms with Crippen molar-refractivity contribution in [2.45, 2.75) is 11.6 Å². The van der Waals surface area contributed by atoms with Crippen LogP contribution in [-0.4, -0.2) is 15.2 Å². The van der Waals surface area contributed by atoms with Crippen molar-refractivity contribution in [2.24, 2.45) is 0 Å². The molecular weight excluding hydrogens is 140 g/mol. The van der Waals surface area contributed by atoms with Gasteiger partial charge in [0, 0.05) is 32.7 Å². The number of hydrogen-bond acceptors (Lipinski definition) is 0. The molecule has 0 heterocycles. The van der Waals surface area contributed by atoms with Crippen molar-refractivity contribution in [3.8, 4) is 0 Å². The largest absolute Gasteiger partial charge is 0.191 e. The smallest absolute Gasteiger partial charge is 0.115 e. The summed E-state index contributed by atoms with van der Waals surface area (Å²) in [5, 5.41) is 0. The molecule has 0 aromatic heterocycles. The Morgan fingerprint density at radius 2 is 1.25 bits per heavy atom. The topological polar surface area (TPSA) is 0 Å². The Hall–Kier alpha value is 1.64. The Kier molecular flexibility index (Phi) is 20.2. The van der Waals surface area contributed by atoms with Gasteiger partial charge < -0.3 is 0 Å². The molecule has 0 N–H and O–H groups in total. The molecule has 0 saturated heterocycles. The van der Waals surface area contributed by atoms with Gasteiger partial charge in [0.15, 0.2) is 15.2 Å². The zero-order valence-electron chi connectivity index (χ0n) is 3.15. The van der Waals surface area contributed by atoms with Crippen LogP contribution in [0, 0.1) is 0 Å². The fraction of sp³-hybridized carbons (Fsp3) is 1.00. The Morgan fingerprint density at radius 1 is 1.25 bits per heavy atom. The number of rotatable bonds is 0. The van der Waals surface area contributed by atoms with Crippen molar-refractivity contribution < 1.29 is 32.7 Å². The van der Waals surface area contributed by atoms with E-state index in [1.807, 2.05) is 0 Å². The summed E-state index contributed by atoms with van der Waals surface area (Å²) in [6, 6.07) is 0. The van der Waals surface area contributed by atoms with Crippen molar-refractivity contribution >= 4 is 15.2 Å². The molecule has 0 rings (SSSR count). The van der Waals surface area contributed by atoms with Crippen molar-refractivity contribution in [1.29, 1.82) is 0 Å². The molecule has 0 unspecified atom stereocenters. The van der Waals surface area contributed by atoms with Crippen molar-refractivity contribution in [3.63, 3.8) is 0 Å². The average molecular weight is 146 g/mol. The fourth-order valence-electron chi connectivity index (χ4n) is 0. The minimum atomic E-state index is 0. The zero-order valence-corrected chi connectivity index (χ0v) is 7.15. The van der Waals surface area contributed by atoms with Gasteiger partial charge in [0.05, 0.1) is 0 Å². The summed E-state index contributed by atoms with van der Waals surface area (Å²) in [4.78, 5) is 0. The van der Waals surface area contributed by atoms with Gasteiger partial charge in [0.2, 0.25) is 0 Å². The molecule has 0 atom stereocenters. The van der Waals surface area contributed by atoms with Gasteiger partial charge in [-0.25, -0.2) is 0 Å². The molecule has 0 aliphatic carbocycles. The van der Waals surface area contributed by atoms with Gasteiger partial charge in [-0.05, 0) is 0 Å². The predicted molar refractivity (Wildman–Crippen MR) is 17.5 cm³/mol. The molecule has 0 aliphatic heterocycles. The van der Waals surface area contributed by atoms with Gasteiger partial charge in [0.25, 0.3) is 0 Å². The van der Waals surface area contributed by atoms with E-state index in [1.54, 1.807) is 0 Å². The maximum atomic E-state index is 2.21. The Balaban J connectivity index is 0. The van der Waals surface area contributed by atoms with Crippen LogP contribution in [0.15, 0.2) is 0 Å². The number of hydrogen-bond donors (Lipinski definition) is 0. The van der Waals surface area contributed by atoms with E-state index in [1.165, 1.54) is 0 Å². The minimum absolute atomic E-state index is 0. The minimum Gasteiger partial charge on any atom is -0.115 e. The molecule has 20 valence electrons. The van der Waals surface area contributed by atoms with Crippen LogP contribution >= 0.6 is 0 Å². The summed E-state index contributed by atoms with van der Waals surface area (Å²) in [5.74, 6) is 4.42. The van der Waals surface area contributed by atoms with Crippen LogP contribution in [0.25, 0.3) is 0 Å². The molecule has 0 bridgehead atoms. The third-order valence-electron chi connectivity index (χ3n) is 0. The SMILES string of the molecule is [CH3][Al][CH3].[Y]. The molecule has 0 spiro atoms. The third-order valence-corrected chi connectivity index (χ3v) is 0. The maximum Gasteiger partial charge on any atom is 0.191 e. The molecule has 0 saturated carbocycles. The summed E-state index contributed by atoms with van der Waals surface area (Å²) < 4.78 is 0. The van der Waals surface area contributed by atoms with Gasteiger partial charge in [-0.2, -0.15) is 0 Å². The van der Waals surface area contributed by atoms with Crippen molar-refractivity contribution in [1.82, 2.24) is 0 Å². The first kappa shape index (κ1) is 9.16. The Labute approximate surface area is 58.9 Å². The van der Waals surface area contributed by atoms with E-state index in [2.05, 4.69) is 11.6 Å². The first-order valence-electron chi connectivity index (χ1n) is 1.15. The van der Waals surface area contributed by atoms with Gasteiger partial charge in [-0.3, -0.25) is 0 Å². The normalized spacial score (nSPS) is 3.50. The van der Waals surface area contributed by atoms with Crippen LogP contribution in [-0.2, 0) is 32.7 Å². The molecule has 2 heteroatoms. The predicted octanol–water partition coefficient (Wildman–Crippen LogP) is 0.784. The molecule has 0 nitrogen and oxygen atoms in total. The first-order valence-corrected chi connectivity index (χ1v) is 3.46. The molecule has 4 heavy (non-hydrogen) atoms. The van der Waals surface area contributed by atoms with E-state index in [4.69, 9.17) is 0 Å². The quantitative estimate of drug-likeness (QED) is 0.443. The monoisotopic (exact) mass is 146 g/mol. The van der Waals surface area contributed by atoms with E-state index < -0.39 is 0 Å². The van der Waals surface area contributed by atoms with Gasteiger partial charge in [-0.15, -0.1) is 11.6 Å². The van der Waals surface area contributed by atoms with E-state index in [9.17, 15) is 0 Å². The first-order chi connectivity index (χ1) is 1.41. The van der Waals surface area contributed by atoms with Gasteiger partial charge in [-0.1, -0.05) is 0 Å². The maximum absolute atomic E-state index is 2.21. The van der Waals surface area contributed by atoms with E-state index >= 15 is 0 Å². The van der Waals surface area contributed by atoms with Crippen LogP contribution in [0.4, 0.5) is 0 Å². The van der Waals surface area contributed by atoms with Gasteiger partial charge >= 0.3 is 0 Å². The third kappa shape index (κ3) is 9.44.